The highest BCUT2D eigenvalue weighted by Gasteiger charge is 2.33. The minimum Gasteiger partial charge on any atom is -0.480 e. The van der Waals surface area contributed by atoms with E-state index in [9.17, 15) is 9.59 Å². The van der Waals surface area contributed by atoms with Gasteiger partial charge in [0, 0.05) is 13.6 Å². The Morgan fingerprint density at radius 2 is 1.82 bits per heavy atom. The highest BCUT2D eigenvalue weighted by Crippen LogP contribution is 2.19. The van der Waals surface area contributed by atoms with Crippen LogP contribution in [0.3, 0.4) is 0 Å². The second-order valence-corrected chi connectivity index (χ2v) is 5.32. The highest BCUT2D eigenvalue weighted by atomic mass is 16.4. The lowest BCUT2D eigenvalue weighted by Crippen LogP contribution is -2.53. The molecular formula is C11H22N2O4. The van der Waals surface area contributed by atoms with E-state index in [0.717, 1.165) is 0 Å². The molecule has 0 radical (unpaired) electrons. The Bertz CT molecular complexity index is 284. The third-order valence-electron chi connectivity index (χ3n) is 2.27. The van der Waals surface area contributed by atoms with E-state index < -0.39 is 29.6 Å². The summed E-state index contributed by atoms with van der Waals surface area (Å²) in [6, 6.07) is -1.47. The Labute approximate surface area is 102 Å². The maximum absolute atomic E-state index is 11.7. The molecule has 0 aliphatic rings. The summed E-state index contributed by atoms with van der Waals surface area (Å²) < 4.78 is 0. The largest absolute Gasteiger partial charge is 0.480 e. The van der Waals surface area contributed by atoms with Gasteiger partial charge < -0.3 is 20.4 Å². The fraction of sp³-hybridized carbons (Fsp3) is 0.818. The second-order valence-electron chi connectivity index (χ2n) is 5.32. The minimum atomic E-state index is -1.07. The van der Waals surface area contributed by atoms with E-state index in [1.807, 2.05) is 0 Å². The van der Waals surface area contributed by atoms with Crippen molar-refractivity contribution in [3.8, 4) is 0 Å². The van der Waals surface area contributed by atoms with Gasteiger partial charge in [-0.15, -0.1) is 0 Å². The topological polar surface area (TPSA) is 89.9 Å². The third kappa shape index (κ3) is 5.53. The van der Waals surface area contributed by atoms with Gasteiger partial charge in [0.2, 0.25) is 0 Å². The summed E-state index contributed by atoms with van der Waals surface area (Å²) in [6.45, 7) is 6.92. The Morgan fingerprint density at radius 3 is 2.12 bits per heavy atom. The number of carbonyl (C=O) groups is 2. The lowest BCUT2D eigenvalue weighted by molar-refractivity contribution is -0.142. The minimum absolute atomic E-state index is 0.155. The zero-order valence-electron chi connectivity index (χ0n) is 11.0. The first kappa shape index (κ1) is 15.7. The molecular weight excluding hydrogens is 224 g/mol. The number of aliphatic hydroxyl groups is 1. The van der Waals surface area contributed by atoms with Gasteiger partial charge in [-0.05, 0) is 12.3 Å². The molecule has 0 aromatic heterocycles. The van der Waals surface area contributed by atoms with Gasteiger partial charge in [0.25, 0.3) is 0 Å². The van der Waals surface area contributed by atoms with Crippen molar-refractivity contribution in [3.63, 3.8) is 0 Å². The SMILES string of the molecule is CC(O)CN(C)C(=O)N[C@@H](C(=O)O)C(C)(C)C. The van der Waals surface area contributed by atoms with Crippen LogP contribution >= 0.6 is 0 Å². The molecule has 6 heteroatoms. The molecule has 100 valence electrons. The van der Waals surface area contributed by atoms with Crippen LogP contribution in [-0.4, -0.2) is 52.9 Å². The summed E-state index contributed by atoms with van der Waals surface area (Å²) in [5.74, 6) is -1.07. The van der Waals surface area contributed by atoms with Crippen LogP contribution in [0.5, 0.6) is 0 Å². The van der Waals surface area contributed by atoms with Crippen molar-refractivity contribution in [3.05, 3.63) is 0 Å². The summed E-state index contributed by atoms with van der Waals surface area (Å²) >= 11 is 0. The number of likely N-dealkylation sites (N-methyl/N-ethyl adjacent to an activating group) is 1. The number of aliphatic hydroxyl groups excluding tert-OH is 1. The summed E-state index contributed by atoms with van der Waals surface area (Å²) in [4.78, 5) is 24.0. The van der Waals surface area contributed by atoms with Crippen molar-refractivity contribution >= 4 is 12.0 Å². The van der Waals surface area contributed by atoms with Gasteiger partial charge in [0.1, 0.15) is 6.04 Å². The first-order valence-corrected chi connectivity index (χ1v) is 5.48. The van der Waals surface area contributed by atoms with Crippen LogP contribution in [0, 0.1) is 5.41 Å². The Kier molecular flexibility index (Phi) is 5.41. The molecule has 0 rings (SSSR count). The molecule has 0 aliphatic heterocycles. The fourth-order valence-corrected chi connectivity index (χ4v) is 1.36. The Morgan fingerprint density at radius 1 is 1.35 bits per heavy atom. The van der Waals surface area contributed by atoms with Gasteiger partial charge in [0.05, 0.1) is 6.10 Å². The van der Waals surface area contributed by atoms with Gasteiger partial charge in [-0.25, -0.2) is 9.59 Å². The predicted molar refractivity (Wildman–Crippen MR) is 63.7 cm³/mol. The molecule has 0 saturated carbocycles. The van der Waals surface area contributed by atoms with Gasteiger partial charge >= 0.3 is 12.0 Å². The predicted octanol–water partition coefficient (Wildman–Crippen LogP) is 0.508. The molecule has 6 nitrogen and oxygen atoms in total. The van der Waals surface area contributed by atoms with Gasteiger partial charge in [-0.2, -0.15) is 0 Å². The second kappa shape index (κ2) is 5.86. The van der Waals surface area contributed by atoms with E-state index in [1.54, 1.807) is 27.7 Å². The summed E-state index contributed by atoms with van der Waals surface area (Å²) in [5, 5.41) is 20.6. The molecule has 0 aromatic carbocycles. The number of amides is 2. The van der Waals surface area contributed by atoms with Gasteiger partial charge in [-0.3, -0.25) is 0 Å². The number of nitrogens with zero attached hydrogens (tertiary/aromatic N) is 1. The smallest absolute Gasteiger partial charge is 0.326 e. The lowest BCUT2D eigenvalue weighted by Gasteiger charge is -2.30. The van der Waals surface area contributed by atoms with Crippen molar-refractivity contribution < 1.29 is 19.8 Å². The fourth-order valence-electron chi connectivity index (χ4n) is 1.36. The number of urea groups is 1. The molecule has 0 spiro atoms. The van der Waals surface area contributed by atoms with Crippen molar-refractivity contribution in [1.82, 2.24) is 10.2 Å². The first-order chi connectivity index (χ1) is 7.55. The number of carbonyl (C=O) groups excluding carboxylic acids is 1. The molecule has 3 N–H and O–H groups in total. The van der Waals surface area contributed by atoms with Crippen molar-refractivity contribution in [2.24, 2.45) is 5.41 Å². The van der Waals surface area contributed by atoms with Crippen LogP contribution in [0.15, 0.2) is 0 Å². The average molecular weight is 246 g/mol. The highest BCUT2D eigenvalue weighted by molar-refractivity contribution is 5.83. The quantitative estimate of drug-likeness (QED) is 0.674. The number of carboxylic acids is 1. The molecule has 2 amide bonds. The lowest BCUT2D eigenvalue weighted by atomic mass is 9.87. The normalized spacial score (nSPS) is 14.9. The molecule has 0 fully saturated rings. The van der Waals surface area contributed by atoms with E-state index in [-0.39, 0.29) is 6.54 Å². The standard InChI is InChI=1S/C11H22N2O4/c1-7(14)6-13(5)10(17)12-8(9(15)16)11(2,3)4/h7-8,14H,6H2,1-5H3,(H,12,17)(H,15,16)/t7?,8-/m0/s1. The Hall–Kier alpha value is -1.30. The molecule has 0 aliphatic carbocycles. The molecule has 1 unspecified atom stereocenters. The van der Waals surface area contributed by atoms with Crippen molar-refractivity contribution in [2.75, 3.05) is 13.6 Å². The zero-order valence-corrected chi connectivity index (χ0v) is 11.0. The van der Waals surface area contributed by atoms with Crippen LogP contribution in [0.4, 0.5) is 4.79 Å². The summed E-state index contributed by atoms with van der Waals surface area (Å²) in [5.41, 5.74) is -0.576. The van der Waals surface area contributed by atoms with Crippen LogP contribution in [0.2, 0.25) is 0 Å². The number of hydrogen-bond donors (Lipinski definition) is 3. The van der Waals surface area contributed by atoms with E-state index in [0.29, 0.717) is 0 Å². The van der Waals surface area contributed by atoms with Gasteiger partial charge in [-0.1, -0.05) is 20.8 Å². The average Bonchev–Trinajstić information content (AvgIpc) is 2.09. The monoisotopic (exact) mass is 246 g/mol. The first-order valence-electron chi connectivity index (χ1n) is 5.48. The molecule has 0 heterocycles. The number of rotatable bonds is 4. The summed E-state index contributed by atoms with van der Waals surface area (Å²) in [7, 11) is 1.50. The molecule has 2 atom stereocenters. The van der Waals surface area contributed by atoms with Crippen LogP contribution < -0.4 is 5.32 Å². The van der Waals surface area contributed by atoms with Crippen LogP contribution in [0.1, 0.15) is 27.7 Å². The van der Waals surface area contributed by atoms with E-state index >= 15 is 0 Å². The maximum Gasteiger partial charge on any atom is 0.326 e. The number of nitrogens with one attached hydrogen (secondary N) is 1. The molecule has 0 bridgehead atoms. The molecule has 17 heavy (non-hydrogen) atoms. The number of carboxylic acid groups (broad SMARTS) is 1. The number of aliphatic carboxylic acids is 1. The molecule has 0 aromatic rings. The van der Waals surface area contributed by atoms with Crippen LogP contribution in [-0.2, 0) is 4.79 Å². The maximum atomic E-state index is 11.7. The van der Waals surface area contributed by atoms with Crippen molar-refractivity contribution in [1.29, 1.82) is 0 Å². The van der Waals surface area contributed by atoms with E-state index in [1.165, 1.54) is 11.9 Å². The zero-order chi connectivity index (χ0) is 13.8. The van der Waals surface area contributed by atoms with Crippen molar-refractivity contribution in [2.45, 2.75) is 39.8 Å². The van der Waals surface area contributed by atoms with E-state index in [4.69, 9.17) is 10.2 Å². The van der Waals surface area contributed by atoms with E-state index in [2.05, 4.69) is 5.32 Å². The Balaban J connectivity index is 4.58. The third-order valence-corrected chi connectivity index (χ3v) is 2.27. The van der Waals surface area contributed by atoms with Gasteiger partial charge in [0.15, 0.2) is 0 Å². The summed E-state index contributed by atoms with van der Waals surface area (Å²) in [6.07, 6.45) is -0.649. The molecule has 0 saturated heterocycles. The number of hydrogen-bond acceptors (Lipinski definition) is 3. The van der Waals surface area contributed by atoms with Crippen LogP contribution in [0.25, 0.3) is 0 Å².